The van der Waals surface area contributed by atoms with Crippen LogP contribution in [0.5, 0.6) is 0 Å². The highest BCUT2D eigenvalue weighted by molar-refractivity contribution is 7.86. The molecule has 1 saturated carbocycles. The lowest BCUT2D eigenvalue weighted by Crippen LogP contribution is -2.56. The molecule has 1 aliphatic carbocycles. The predicted molar refractivity (Wildman–Crippen MR) is 75.0 cm³/mol. The molecule has 0 unspecified atom stereocenters. The smallest absolute Gasteiger partial charge is 0.282 e. The Balaban J connectivity index is 1.69. The Hall–Kier alpha value is -0.170. The molecule has 0 bridgehead atoms. The SMILES string of the molecule is C[C@@H](C1CC1)N(C)S(=O)(=O)N1CCN2CCC[C@H]2C1. The van der Waals surface area contributed by atoms with E-state index in [0.29, 0.717) is 25.0 Å². The largest absolute Gasteiger partial charge is 0.298 e. The van der Waals surface area contributed by atoms with Gasteiger partial charge in [0.25, 0.3) is 10.2 Å². The normalized spacial score (nSPS) is 31.6. The van der Waals surface area contributed by atoms with Crippen molar-refractivity contribution in [3.05, 3.63) is 0 Å². The van der Waals surface area contributed by atoms with Gasteiger partial charge in [0.1, 0.15) is 0 Å². The Labute approximate surface area is 116 Å². The number of fused-ring (bicyclic) bond motifs is 1. The minimum atomic E-state index is -3.26. The van der Waals surface area contributed by atoms with Crippen LogP contribution in [-0.2, 0) is 10.2 Å². The minimum Gasteiger partial charge on any atom is -0.298 e. The van der Waals surface area contributed by atoms with Crippen LogP contribution in [0.1, 0.15) is 32.6 Å². The Morgan fingerprint density at radius 2 is 1.89 bits per heavy atom. The summed E-state index contributed by atoms with van der Waals surface area (Å²) in [6.07, 6.45) is 4.72. The third-order valence-electron chi connectivity index (χ3n) is 5.12. The van der Waals surface area contributed by atoms with Gasteiger partial charge in [-0.1, -0.05) is 0 Å². The van der Waals surface area contributed by atoms with Gasteiger partial charge in [-0.05, 0) is 45.1 Å². The van der Waals surface area contributed by atoms with E-state index in [2.05, 4.69) is 4.90 Å². The number of hydrogen-bond donors (Lipinski definition) is 0. The van der Waals surface area contributed by atoms with Crippen LogP contribution in [-0.4, -0.2) is 67.2 Å². The molecule has 3 rings (SSSR count). The molecule has 2 atom stereocenters. The van der Waals surface area contributed by atoms with Crippen molar-refractivity contribution in [2.45, 2.75) is 44.7 Å². The average molecular weight is 287 g/mol. The van der Waals surface area contributed by atoms with Gasteiger partial charge in [0.05, 0.1) is 0 Å². The summed E-state index contributed by atoms with van der Waals surface area (Å²) in [4.78, 5) is 2.44. The van der Waals surface area contributed by atoms with Crippen LogP contribution < -0.4 is 0 Å². The first-order valence-electron chi connectivity index (χ1n) is 7.47. The zero-order chi connectivity index (χ0) is 13.6. The van der Waals surface area contributed by atoms with Gasteiger partial charge in [-0.2, -0.15) is 17.0 Å². The molecule has 19 heavy (non-hydrogen) atoms. The molecule has 0 radical (unpaired) electrons. The number of hydrogen-bond acceptors (Lipinski definition) is 3. The van der Waals surface area contributed by atoms with Crippen LogP contribution in [0.2, 0.25) is 0 Å². The first-order chi connectivity index (χ1) is 9.00. The molecule has 0 N–H and O–H groups in total. The highest BCUT2D eigenvalue weighted by Gasteiger charge is 2.41. The Bertz CT molecular complexity index is 435. The highest BCUT2D eigenvalue weighted by atomic mass is 32.2. The van der Waals surface area contributed by atoms with Gasteiger partial charge in [0.2, 0.25) is 0 Å². The van der Waals surface area contributed by atoms with Crippen molar-refractivity contribution in [2.24, 2.45) is 5.92 Å². The summed E-state index contributed by atoms with van der Waals surface area (Å²) in [5.74, 6) is 0.576. The van der Waals surface area contributed by atoms with Crippen LogP contribution >= 0.6 is 0 Å². The molecule has 2 heterocycles. The molecule has 3 aliphatic rings. The second-order valence-electron chi connectivity index (χ2n) is 6.29. The maximum Gasteiger partial charge on any atom is 0.282 e. The highest BCUT2D eigenvalue weighted by Crippen LogP contribution is 2.36. The lowest BCUT2D eigenvalue weighted by atomic mass is 10.2. The Morgan fingerprint density at radius 3 is 2.58 bits per heavy atom. The van der Waals surface area contributed by atoms with Crippen LogP contribution in [0.4, 0.5) is 0 Å². The van der Waals surface area contributed by atoms with Crippen molar-refractivity contribution in [3.8, 4) is 0 Å². The third kappa shape index (κ3) is 2.55. The van der Waals surface area contributed by atoms with E-state index in [4.69, 9.17) is 0 Å². The fourth-order valence-corrected chi connectivity index (χ4v) is 5.07. The Kier molecular flexibility index (Phi) is 3.62. The molecular formula is C13H25N3O2S. The number of nitrogens with zero attached hydrogens (tertiary/aromatic N) is 3. The van der Waals surface area contributed by atoms with Gasteiger partial charge in [-0.15, -0.1) is 0 Å². The fourth-order valence-electron chi connectivity index (χ4n) is 3.44. The van der Waals surface area contributed by atoms with Crippen LogP contribution in [0.25, 0.3) is 0 Å². The molecule has 6 heteroatoms. The second kappa shape index (κ2) is 4.98. The maximum atomic E-state index is 12.7. The number of piperazine rings is 1. The summed E-state index contributed by atoms with van der Waals surface area (Å²) in [6, 6.07) is 0.597. The monoisotopic (exact) mass is 287 g/mol. The van der Waals surface area contributed by atoms with E-state index in [-0.39, 0.29) is 6.04 Å². The molecule has 110 valence electrons. The molecule has 0 aromatic carbocycles. The minimum absolute atomic E-state index is 0.145. The molecule has 0 aromatic heterocycles. The lowest BCUT2D eigenvalue weighted by molar-refractivity contribution is 0.151. The van der Waals surface area contributed by atoms with Crippen molar-refractivity contribution >= 4 is 10.2 Å². The van der Waals surface area contributed by atoms with Gasteiger partial charge >= 0.3 is 0 Å². The molecule has 2 saturated heterocycles. The van der Waals surface area contributed by atoms with E-state index in [1.807, 2.05) is 6.92 Å². The second-order valence-corrected chi connectivity index (χ2v) is 8.28. The van der Waals surface area contributed by atoms with E-state index in [9.17, 15) is 8.42 Å². The molecule has 0 spiro atoms. The molecule has 3 fully saturated rings. The van der Waals surface area contributed by atoms with Crippen LogP contribution in [0.3, 0.4) is 0 Å². The zero-order valence-electron chi connectivity index (χ0n) is 12.0. The van der Waals surface area contributed by atoms with Gasteiger partial charge in [0, 0.05) is 38.8 Å². The predicted octanol–water partition coefficient (Wildman–Crippen LogP) is 0.742. The molecule has 5 nitrogen and oxygen atoms in total. The van der Waals surface area contributed by atoms with Crippen molar-refractivity contribution in [3.63, 3.8) is 0 Å². The molecular weight excluding hydrogens is 262 g/mol. The molecule has 2 aliphatic heterocycles. The maximum absolute atomic E-state index is 12.7. The summed E-state index contributed by atoms with van der Waals surface area (Å²) < 4.78 is 28.7. The topological polar surface area (TPSA) is 43.9 Å². The molecule has 0 aromatic rings. The van der Waals surface area contributed by atoms with E-state index in [1.54, 1.807) is 15.7 Å². The van der Waals surface area contributed by atoms with Gasteiger partial charge < -0.3 is 0 Å². The summed E-state index contributed by atoms with van der Waals surface area (Å²) in [6.45, 7) is 5.42. The lowest BCUT2D eigenvalue weighted by Gasteiger charge is -2.39. The first kappa shape index (κ1) is 13.8. The van der Waals surface area contributed by atoms with Crippen molar-refractivity contribution in [2.75, 3.05) is 33.2 Å². The summed E-state index contributed by atoms with van der Waals surface area (Å²) in [7, 11) is -1.52. The van der Waals surface area contributed by atoms with E-state index >= 15 is 0 Å². The molecule has 0 amide bonds. The standard InChI is InChI=1S/C13H25N3O2S/c1-11(12-5-6-12)14(2)19(17,18)16-9-8-15-7-3-4-13(15)10-16/h11-13H,3-10H2,1-2H3/t11-,13-/m0/s1. The fraction of sp³-hybridized carbons (Fsp3) is 1.00. The van der Waals surface area contributed by atoms with E-state index in [0.717, 1.165) is 19.5 Å². The quantitative estimate of drug-likeness (QED) is 0.766. The summed E-state index contributed by atoms with van der Waals surface area (Å²) in [5, 5.41) is 0. The van der Waals surface area contributed by atoms with E-state index in [1.165, 1.54) is 19.3 Å². The van der Waals surface area contributed by atoms with Crippen LogP contribution in [0.15, 0.2) is 0 Å². The van der Waals surface area contributed by atoms with Gasteiger partial charge in [-0.3, -0.25) is 4.90 Å². The van der Waals surface area contributed by atoms with E-state index < -0.39 is 10.2 Å². The van der Waals surface area contributed by atoms with Crippen LogP contribution in [0, 0.1) is 5.92 Å². The third-order valence-corrected chi connectivity index (χ3v) is 7.16. The first-order valence-corrected chi connectivity index (χ1v) is 8.87. The summed E-state index contributed by atoms with van der Waals surface area (Å²) in [5.41, 5.74) is 0. The van der Waals surface area contributed by atoms with Gasteiger partial charge in [0.15, 0.2) is 0 Å². The number of rotatable bonds is 4. The Morgan fingerprint density at radius 1 is 1.16 bits per heavy atom. The van der Waals surface area contributed by atoms with Crippen molar-refractivity contribution < 1.29 is 8.42 Å². The zero-order valence-corrected chi connectivity index (χ0v) is 12.8. The van der Waals surface area contributed by atoms with Gasteiger partial charge in [-0.25, -0.2) is 0 Å². The van der Waals surface area contributed by atoms with Crippen molar-refractivity contribution in [1.29, 1.82) is 0 Å². The van der Waals surface area contributed by atoms with Crippen molar-refractivity contribution in [1.82, 2.24) is 13.5 Å². The average Bonchev–Trinajstić information content (AvgIpc) is 3.14. The summed E-state index contributed by atoms with van der Waals surface area (Å²) >= 11 is 0.